The van der Waals surface area contributed by atoms with Crippen LogP contribution in [-0.2, 0) is 10.5 Å². The number of thiazole rings is 1. The van der Waals surface area contributed by atoms with Crippen LogP contribution in [0.4, 0.5) is 5.82 Å². The molecule has 2 aromatic carbocycles. The summed E-state index contributed by atoms with van der Waals surface area (Å²) in [5, 5.41) is 33.0. The first-order valence-corrected chi connectivity index (χ1v) is 14.4. The average molecular weight is 679 g/mol. The number of halogens is 3. The molecule has 43 heavy (non-hydrogen) atoms. The minimum atomic E-state index is -1.58. The Kier molecular flexibility index (Phi) is 13.0. The highest BCUT2D eigenvalue weighted by atomic mass is 35.5. The lowest BCUT2D eigenvalue weighted by Gasteiger charge is -2.22. The second-order valence-electron chi connectivity index (χ2n) is 8.88. The molecule has 10 nitrogen and oxygen atoms in total. The molecule has 15 heteroatoms. The maximum absolute atomic E-state index is 11.3. The largest absolute Gasteiger partial charge is 0.494 e. The summed E-state index contributed by atoms with van der Waals surface area (Å²) in [6.45, 7) is -0.195. The Morgan fingerprint density at radius 1 is 1.05 bits per heavy atom. The zero-order chi connectivity index (χ0) is 29.6. The molecule has 0 saturated carbocycles. The van der Waals surface area contributed by atoms with Gasteiger partial charge in [-0.25, -0.2) is 9.97 Å². The number of hydrogen-bond donors (Lipinski definition) is 4. The van der Waals surface area contributed by atoms with Crippen LogP contribution >= 0.6 is 59.5 Å². The number of nitrogen functional groups attached to an aromatic ring is 1. The molecule has 1 atom stereocenters. The first-order chi connectivity index (χ1) is 19.7. The fourth-order valence-corrected chi connectivity index (χ4v) is 5.74. The van der Waals surface area contributed by atoms with Crippen LogP contribution < -0.4 is 21.9 Å². The van der Waals surface area contributed by atoms with E-state index in [0.29, 0.717) is 32.7 Å². The number of thioether (sulfide) groups is 1. The number of aliphatic carboxylic acids is 1. The minimum absolute atomic E-state index is 0. The normalized spacial score (nSPS) is 11.7. The van der Waals surface area contributed by atoms with Gasteiger partial charge in [-0.3, -0.25) is 4.79 Å². The van der Waals surface area contributed by atoms with Crippen LogP contribution in [0.2, 0.25) is 5.02 Å². The predicted octanol–water partition coefficient (Wildman–Crippen LogP) is 5.50. The molecule has 4 rings (SSSR count). The Bertz CT molecular complexity index is 1660. The molecule has 0 saturated heterocycles. The molecule has 2 aromatic heterocycles. The lowest BCUT2D eigenvalue weighted by atomic mass is 9.96. The summed E-state index contributed by atoms with van der Waals surface area (Å²) in [4.78, 5) is 20.4. The van der Waals surface area contributed by atoms with E-state index in [1.807, 2.05) is 17.5 Å². The molecule has 0 unspecified atom stereocenters. The summed E-state index contributed by atoms with van der Waals surface area (Å²) in [6.07, 6.45) is 0.0133. The van der Waals surface area contributed by atoms with Gasteiger partial charge in [0.2, 0.25) is 0 Å². The third kappa shape index (κ3) is 8.28. The molecule has 0 radical (unpaired) electrons. The van der Waals surface area contributed by atoms with Gasteiger partial charge >= 0.3 is 5.97 Å². The first-order valence-electron chi connectivity index (χ1n) is 12.1. The number of carboxylic acid groups (broad SMARTS) is 1. The highest BCUT2D eigenvalue weighted by Crippen LogP contribution is 2.37. The molecule has 0 aliphatic rings. The number of rotatable bonds is 11. The van der Waals surface area contributed by atoms with E-state index < -0.39 is 11.5 Å². The maximum atomic E-state index is 11.3. The molecule has 0 fully saturated rings. The molecule has 7 N–H and O–H groups in total. The van der Waals surface area contributed by atoms with E-state index in [9.17, 15) is 20.4 Å². The topological polar surface area (TPSA) is 198 Å². The Morgan fingerprint density at radius 2 is 1.67 bits per heavy atom. The fraction of sp³-hybridized carbons (Fsp3) is 0.179. The highest BCUT2D eigenvalue weighted by Gasteiger charge is 2.32. The monoisotopic (exact) mass is 677 g/mol. The van der Waals surface area contributed by atoms with Crippen LogP contribution in [0.15, 0.2) is 58.9 Å². The van der Waals surface area contributed by atoms with Crippen LogP contribution in [0.1, 0.15) is 23.2 Å². The van der Waals surface area contributed by atoms with Gasteiger partial charge in [-0.05, 0) is 29.8 Å². The number of benzene rings is 2. The molecule has 0 amide bonds. The van der Waals surface area contributed by atoms with E-state index in [2.05, 4.69) is 22.1 Å². The second kappa shape index (κ2) is 15.8. The van der Waals surface area contributed by atoms with Gasteiger partial charge in [0, 0.05) is 40.2 Å². The minimum Gasteiger partial charge on any atom is -0.494 e. The van der Waals surface area contributed by atoms with Crippen molar-refractivity contribution < 1.29 is 14.6 Å². The molecular weight excluding hydrogens is 653 g/mol. The van der Waals surface area contributed by atoms with Gasteiger partial charge in [0.1, 0.15) is 44.8 Å². The number of nitrogens with two attached hydrogens (primary N) is 3. The fourth-order valence-electron chi connectivity index (χ4n) is 3.80. The molecular formula is C28H26Cl3N7O3S2. The number of nitrogens with zero attached hydrogens (tertiary/aromatic N) is 4. The van der Waals surface area contributed by atoms with Crippen LogP contribution in [-0.4, -0.2) is 39.7 Å². The Hall–Kier alpha value is -3.59. The van der Waals surface area contributed by atoms with Crippen LogP contribution in [0.25, 0.3) is 21.7 Å². The number of ether oxygens (including phenoxy) is 1. The summed E-state index contributed by atoms with van der Waals surface area (Å²) in [7, 11) is 0. The van der Waals surface area contributed by atoms with E-state index >= 15 is 0 Å². The average Bonchev–Trinajstić information content (AvgIpc) is 3.45. The van der Waals surface area contributed by atoms with Gasteiger partial charge in [-0.2, -0.15) is 10.5 Å². The van der Waals surface area contributed by atoms with E-state index in [-0.39, 0.29) is 61.3 Å². The van der Waals surface area contributed by atoms with E-state index in [0.717, 1.165) is 16.3 Å². The molecule has 224 valence electrons. The molecule has 2 heterocycles. The lowest BCUT2D eigenvalue weighted by Crippen LogP contribution is -2.54. The van der Waals surface area contributed by atoms with Gasteiger partial charge < -0.3 is 27.0 Å². The van der Waals surface area contributed by atoms with Crippen molar-refractivity contribution in [2.24, 2.45) is 11.5 Å². The maximum Gasteiger partial charge on any atom is 0.325 e. The van der Waals surface area contributed by atoms with Crippen LogP contribution in [0.3, 0.4) is 0 Å². The Labute approximate surface area is 273 Å². The number of carbonyl (C=O) groups is 1. The van der Waals surface area contributed by atoms with E-state index in [4.69, 9.17) is 33.5 Å². The Balaban J connectivity index is 0.00000323. The predicted molar refractivity (Wildman–Crippen MR) is 174 cm³/mol. The summed E-state index contributed by atoms with van der Waals surface area (Å²) in [5.74, 6) is -0.301. The number of pyridine rings is 1. The molecule has 0 bridgehead atoms. The summed E-state index contributed by atoms with van der Waals surface area (Å²) < 4.78 is 5.65. The first kappa shape index (κ1) is 35.6. The van der Waals surface area contributed by atoms with E-state index in [1.54, 1.807) is 36.4 Å². The van der Waals surface area contributed by atoms with E-state index in [1.165, 1.54) is 23.1 Å². The third-order valence-electron chi connectivity index (χ3n) is 6.17. The van der Waals surface area contributed by atoms with Crippen molar-refractivity contribution in [2.75, 3.05) is 18.9 Å². The van der Waals surface area contributed by atoms with Crippen molar-refractivity contribution in [2.45, 2.75) is 22.7 Å². The zero-order valence-corrected chi connectivity index (χ0v) is 26.3. The molecule has 4 aromatic rings. The van der Waals surface area contributed by atoms with Crippen molar-refractivity contribution in [3.63, 3.8) is 0 Å². The van der Waals surface area contributed by atoms with Crippen molar-refractivity contribution in [3.8, 4) is 39.6 Å². The molecule has 0 spiro atoms. The smallest absolute Gasteiger partial charge is 0.325 e. The SMILES string of the molecule is Cl.Cl.N#Cc1c(N)nc(SCc2csc(-c3ccc(Cl)cc3)n2)c(C#N)c1-c1ccc(OCC[C@](N)(CN)C(=O)O)cc1. The number of nitriles is 2. The summed E-state index contributed by atoms with van der Waals surface area (Å²) >= 11 is 8.79. The number of carboxylic acids is 1. The number of hydrogen-bond acceptors (Lipinski definition) is 11. The summed E-state index contributed by atoms with van der Waals surface area (Å²) in [5.41, 5.74) is 18.9. The molecule has 0 aliphatic heterocycles. The second-order valence-corrected chi connectivity index (χ2v) is 11.1. The standard InChI is InChI=1S/C28H24ClN7O3S2.2ClH/c29-18-5-1-17(2-6-18)25-35-19(13-40-25)14-41-26-22(12-31)23(21(11-30)24(33)36-26)16-3-7-20(8-4-16)39-10-9-28(34,15-32)27(37)38;;/h1-8,13H,9-10,14-15,32,34H2,(H2,33,36)(H,37,38);2*1H/t28-;;/m0../s1. The van der Waals surface area contributed by atoms with Crippen molar-refractivity contribution in [1.82, 2.24) is 9.97 Å². The zero-order valence-electron chi connectivity index (χ0n) is 22.3. The van der Waals surface area contributed by atoms with Gasteiger partial charge in [0.15, 0.2) is 0 Å². The van der Waals surface area contributed by atoms with Gasteiger partial charge in [0.05, 0.1) is 17.9 Å². The van der Waals surface area contributed by atoms with Gasteiger partial charge in [-0.15, -0.1) is 36.2 Å². The van der Waals surface area contributed by atoms with Crippen LogP contribution in [0, 0.1) is 22.7 Å². The highest BCUT2D eigenvalue weighted by molar-refractivity contribution is 7.98. The van der Waals surface area contributed by atoms with Crippen molar-refractivity contribution in [1.29, 1.82) is 10.5 Å². The van der Waals surface area contributed by atoms with Gasteiger partial charge in [-0.1, -0.05) is 47.6 Å². The summed E-state index contributed by atoms with van der Waals surface area (Å²) in [6, 6.07) is 18.3. The van der Waals surface area contributed by atoms with Crippen LogP contribution in [0.5, 0.6) is 5.75 Å². The number of anilines is 1. The quantitative estimate of drug-likeness (QED) is 0.146. The van der Waals surface area contributed by atoms with Crippen molar-refractivity contribution >= 4 is 71.3 Å². The Morgan fingerprint density at radius 3 is 2.26 bits per heavy atom. The van der Waals surface area contributed by atoms with Gasteiger partial charge in [0.25, 0.3) is 0 Å². The molecule has 0 aliphatic carbocycles. The lowest BCUT2D eigenvalue weighted by molar-refractivity contribution is -0.143. The number of aromatic nitrogens is 2. The van der Waals surface area contributed by atoms with Crippen molar-refractivity contribution in [3.05, 3.63) is 75.8 Å². The third-order valence-corrected chi connectivity index (χ3v) is 8.37.